The molecule has 1 rings (SSSR count). The van der Waals surface area contributed by atoms with E-state index in [1.54, 1.807) is 0 Å². The van der Waals surface area contributed by atoms with Gasteiger partial charge in [-0.3, -0.25) is 4.79 Å². The molecule has 0 fully saturated rings. The van der Waals surface area contributed by atoms with E-state index in [2.05, 4.69) is 10.2 Å². The summed E-state index contributed by atoms with van der Waals surface area (Å²) < 4.78 is 4.71. The van der Waals surface area contributed by atoms with Gasteiger partial charge in [0.05, 0.1) is 6.42 Å². The van der Waals surface area contributed by atoms with Crippen LogP contribution < -0.4 is 0 Å². The molecule has 0 aliphatic carbocycles. The maximum atomic E-state index is 10.1. The van der Waals surface area contributed by atoms with Crippen LogP contribution >= 0.6 is 11.6 Å². The maximum Gasteiger partial charge on any atom is 0.312 e. The minimum absolute atomic E-state index is 0.0292. The van der Waals surface area contributed by atoms with Gasteiger partial charge in [-0.05, 0) is 11.6 Å². The molecule has 0 saturated carbocycles. The Morgan fingerprint density at radius 2 is 2.36 bits per heavy atom. The number of aliphatic carboxylic acids is 1. The number of rotatable bonds is 3. The van der Waals surface area contributed by atoms with Gasteiger partial charge in [0.25, 0.3) is 0 Å². The summed E-state index contributed by atoms with van der Waals surface area (Å²) >= 11 is 5.29. The van der Waals surface area contributed by atoms with E-state index in [-0.39, 0.29) is 24.1 Å². The molecule has 0 aliphatic heterocycles. The Balaban J connectivity index is 2.45. The van der Waals surface area contributed by atoms with Crippen molar-refractivity contribution >= 4 is 17.6 Å². The quantitative estimate of drug-likeness (QED) is 0.735. The van der Waals surface area contributed by atoms with Crippen LogP contribution in [0.5, 0.6) is 0 Å². The van der Waals surface area contributed by atoms with Crippen LogP contribution in [0.4, 0.5) is 0 Å². The van der Waals surface area contributed by atoms with Gasteiger partial charge < -0.3 is 9.52 Å². The summed E-state index contributed by atoms with van der Waals surface area (Å²) in [5.74, 6) is -0.656. The Hall–Kier alpha value is -1.10. The van der Waals surface area contributed by atoms with Crippen molar-refractivity contribution in [1.82, 2.24) is 10.2 Å². The molecule has 0 spiro atoms. The molecule has 0 amide bonds. The largest absolute Gasteiger partial charge is 0.481 e. The standard InChI is InChI=1S/C5H5ClN2O3/c6-5-8-7-3(11-5)1-2-4(9)10/h1-2H2,(H,9,10). The third-order valence-electron chi connectivity index (χ3n) is 0.995. The Bertz CT molecular complexity index is 260. The van der Waals surface area contributed by atoms with Gasteiger partial charge in [-0.25, -0.2) is 0 Å². The Kier molecular flexibility index (Phi) is 2.43. The third kappa shape index (κ3) is 2.55. The van der Waals surface area contributed by atoms with Crippen molar-refractivity contribution in [2.24, 2.45) is 0 Å². The van der Waals surface area contributed by atoms with Gasteiger partial charge in [-0.2, -0.15) is 0 Å². The minimum Gasteiger partial charge on any atom is -0.481 e. The molecule has 1 N–H and O–H groups in total. The second-order valence-corrected chi connectivity index (χ2v) is 2.17. The van der Waals surface area contributed by atoms with Crippen molar-refractivity contribution in [2.75, 3.05) is 0 Å². The number of hydrogen-bond donors (Lipinski definition) is 1. The summed E-state index contributed by atoms with van der Waals surface area (Å²) in [5.41, 5.74) is 0. The first-order valence-corrected chi connectivity index (χ1v) is 3.26. The highest BCUT2D eigenvalue weighted by Gasteiger charge is 2.05. The van der Waals surface area contributed by atoms with Crippen LogP contribution in [0.15, 0.2) is 4.42 Å². The predicted octanol–water partition coefficient (Wildman–Crippen LogP) is 0.740. The molecule has 60 valence electrons. The van der Waals surface area contributed by atoms with Crippen LogP contribution in [0, 0.1) is 0 Å². The lowest BCUT2D eigenvalue weighted by atomic mass is 10.3. The number of nitrogens with zero attached hydrogens (tertiary/aromatic N) is 2. The van der Waals surface area contributed by atoms with E-state index in [9.17, 15) is 4.79 Å². The normalized spacial score (nSPS) is 9.91. The van der Waals surface area contributed by atoms with Gasteiger partial charge >= 0.3 is 11.3 Å². The molecule has 1 aromatic rings. The maximum absolute atomic E-state index is 10.1. The van der Waals surface area contributed by atoms with E-state index in [0.717, 1.165) is 0 Å². The highest BCUT2D eigenvalue weighted by atomic mass is 35.5. The molecule has 0 saturated heterocycles. The van der Waals surface area contributed by atoms with Gasteiger partial charge in [0.15, 0.2) is 0 Å². The molecule has 5 nitrogen and oxygen atoms in total. The molecular weight excluding hydrogens is 172 g/mol. The van der Waals surface area contributed by atoms with Gasteiger partial charge in [0.2, 0.25) is 5.89 Å². The lowest BCUT2D eigenvalue weighted by Crippen LogP contribution is -1.97. The fraction of sp³-hybridized carbons (Fsp3) is 0.400. The molecule has 1 aromatic heterocycles. The van der Waals surface area contributed by atoms with Crippen molar-refractivity contribution in [1.29, 1.82) is 0 Å². The summed E-state index contributed by atoms with van der Waals surface area (Å²) in [6.07, 6.45) is 0.188. The number of aryl methyl sites for hydroxylation is 1. The van der Waals surface area contributed by atoms with E-state index < -0.39 is 5.97 Å². The fourth-order valence-corrected chi connectivity index (χ4v) is 0.675. The number of carboxylic acids is 1. The van der Waals surface area contributed by atoms with E-state index >= 15 is 0 Å². The summed E-state index contributed by atoms with van der Waals surface area (Å²) in [5, 5.41) is 15.0. The number of hydrogen-bond acceptors (Lipinski definition) is 4. The summed E-state index contributed by atoms with van der Waals surface area (Å²) in [6, 6.07) is 0. The highest BCUT2D eigenvalue weighted by molar-refractivity contribution is 6.27. The number of carbonyl (C=O) groups is 1. The van der Waals surface area contributed by atoms with E-state index in [1.807, 2.05) is 0 Å². The average Bonchev–Trinajstić information content (AvgIpc) is 2.31. The molecule has 6 heteroatoms. The molecule has 11 heavy (non-hydrogen) atoms. The number of aromatic nitrogens is 2. The van der Waals surface area contributed by atoms with E-state index in [0.29, 0.717) is 0 Å². The first kappa shape index (κ1) is 8.00. The first-order chi connectivity index (χ1) is 5.18. The van der Waals surface area contributed by atoms with Crippen LogP contribution in [-0.2, 0) is 11.2 Å². The van der Waals surface area contributed by atoms with Gasteiger partial charge in [-0.15, -0.1) is 5.10 Å². The molecule has 0 aromatic carbocycles. The van der Waals surface area contributed by atoms with Gasteiger partial charge in [0.1, 0.15) is 0 Å². The lowest BCUT2D eigenvalue weighted by molar-refractivity contribution is -0.137. The van der Waals surface area contributed by atoms with Gasteiger partial charge in [0, 0.05) is 6.42 Å². The summed E-state index contributed by atoms with van der Waals surface area (Å²) in [6.45, 7) is 0. The van der Waals surface area contributed by atoms with Crippen molar-refractivity contribution < 1.29 is 14.3 Å². The Morgan fingerprint density at radius 3 is 2.82 bits per heavy atom. The molecular formula is C5H5ClN2O3. The predicted molar refractivity (Wildman–Crippen MR) is 35.3 cm³/mol. The molecule has 0 unspecified atom stereocenters. The smallest absolute Gasteiger partial charge is 0.312 e. The van der Waals surface area contributed by atoms with E-state index in [4.69, 9.17) is 21.1 Å². The number of halogens is 1. The summed E-state index contributed by atoms with van der Waals surface area (Å²) in [4.78, 5) is 10.1. The van der Waals surface area contributed by atoms with Crippen molar-refractivity contribution in [3.63, 3.8) is 0 Å². The molecule has 0 atom stereocenters. The van der Waals surface area contributed by atoms with Crippen LogP contribution in [-0.4, -0.2) is 21.3 Å². The molecule has 0 bridgehead atoms. The number of carboxylic acid groups (broad SMARTS) is 1. The van der Waals surface area contributed by atoms with Crippen LogP contribution in [0.2, 0.25) is 5.35 Å². The highest BCUT2D eigenvalue weighted by Crippen LogP contribution is 2.06. The lowest BCUT2D eigenvalue weighted by Gasteiger charge is -1.86. The van der Waals surface area contributed by atoms with Crippen LogP contribution in [0.1, 0.15) is 12.3 Å². The van der Waals surface area contributed by atoms with Crippen molar-refractivity contribution in [3.05, 3.63) is 11.2 Å². The Morgan fingerprint density at radius 1 is 1.64 bits per heavy atom. The second-order valence-electron chi connectivity index (χ2n) is 1.84. The topological polar surface area (TPSA) is 76.2 Å². The SMILES string of the molecule is O=C(O)CCc1nnc(Cl)o1. The van der Waals surface area contributed by atoms with Crippen LogP contribution in [0.3, 0.4) is 0 Å². The van der Waals surface area contributed by atoms with Crippen molar-refractivity contribution in [3.8, 4) is 0 Å². The van der Waals surface area contributed by atoms with Gasteiger partial charge in [-0.1, -0.05) is 5.10 Å². The average molecular weight is 177 g/mol. The minimum atomic E-state index is -0.903. The zero-order valence-corrected chi connectivity index (χ0v) is 6.21. The first-order valence-electron chi connectivity index (χ1n) is 2.88. The van der Waals surface area contributed by atoms with E-state index in [1.165, 1.54) is 0 Å². The monoisotopic (exact) mass is 176 g/mol. The van der Waals surface area contributed by atoms with Crippen LogP contribution in [0.25, 0.3) is 0 Å². The molecule has 0 radical (unpaired) electrons. The third-order valence-corrected chi connectivity index (χ3v) is 1.15. The fourth-order valence-electron chi connectivity index (χ4n) is 0.548. The van der Waals surface area contributed by atoms with Crippen molar-refractivity contribution in [2.45, 2.75) is 12.8 Å². The zero-order valence-electron chi connectivity index (χ0n) is 5.45. The Labute approximate surface area is 67.0 Å². The zero-order chi connectivity index (χ0) is 8.27. The summed E-state index contributed by atoms with van der Waals surface area (Å²) in [7, 11) is 0. The second kappa shape index (κ2) is 3.34. The molecule has 0 aliphatic rings. The molecule has 1 heterocycles.